The second kappa shape index (κ2) is 6.48. The summed E-state index contributed by atoms with van der Waals surface area (Å²) >= 11 is 0. The number of aryl methyl sites for hydroxylation is 1. The lowest BCUT2D eigenvalue weighted by atomic mass is 10.1. The molecule has 0 bridgehead atoms. The van der Waals surface area contributed by atoms with Crippen LogP contribution in [0.15, 0.2) is 18.2 Å². The van der Waals surface area contributed by atoms with Gasteiger partial charge in [-0.3, -0.25) is 14.4 Å². The number of carboxylic acids is 1. The molecule has 0 aliphatic heterocycles. The van der Waals surface area contributed by atoms with E-state index in [1.807, 2.05) is 0 Å². The standard InChI is InChI=1S/C12H13FN2O4/c1-7-4-8(2-3-9(7)13)12(19)15-5-10(16)14-6-11(17)18/h2-4H,5-6H2,1H3,(H,14,16)(H,15,19)(H,17,18). The SMILES string of the molecule is Cc1cc(C(=O)NCC(=O)NCC(=O)O)ccc1F. The summed E-state index contributed by atoms with van der Waals surface area (Å²) in [4.78, 5) is 33.0. The Bertz CT molecular complexity index is 516. The number of aliphatic carboxylic acids is 1. The molecule has 0 atom stereocenters. The van der Waals surface area contributed by atoms with Crippen LogP contribution in [0.25, 0.3) is 0 Å². The van der Waals surface area contributed by atoms with Crippen LogP contribution in [0.5, 0.6) is 0 Å². The summed E-state index contributed by atoms with van der Waals surface area (Å²) < 4.78 is 13.0. The molecule has 1 aromatic rings. The second-order valence-electron chi connectivity index (χ2n) is 3.82. The molecule has 0 spiro atoms. The van der Waals surface area contributed by atoms with Crippen LogP contribution in [0.4, 0.5) is 4.39 Å². The maximum atomic E-state index is 13.0. The molecule has 0 saturated carbocycles. The van der Waals surface area contributed by atoms with E-state index in [2.05, 4.69) is 10.6 Å². The Labute approximate surface area is 108 Å². The first-order valence-electron chi connectivity index (χ1n) is 5.43. The van der Waals surface area contributed by atoms with Gasteiger partial charge in [-0.2, -0.15) is 0 Å². The fourth-order valence-electron chi connectivity index (χ4n) is 1.29. The molecule has 0 saturated heterocycles. The summed E-state index contributed by atoms with van der Waals surface area (Å²) in [6, 6.07) is 3.82. The van der Waals surface area contributed by atoms with Crippen LogP contribution in [0.1, 0.15) is 15.9 Å². The molecule has 0 aliphatic carbocycles. The number of benzene rings is 1. The van der Waals surface area contributed by atoms with Gasteiger partial charge < -0.3 is 15.7 Å². The topological polar surface area (TPSA) is 95.5 Å². The Morgan fingerprint density at radius 2 is 1.89 bits per heavy atom. The number of halogens is 1. The van der Waals surface area contributed by atoms with Gasteiger partial charge in [0.2, 0.25) is 5.91 Å². The molecule has 0 fully saturated rings. The molecular formula is C12H13FN2O4. The van der Waals surface area contributed by atoms with E-state index in [0.717, 1.165) is 6.07 Å². The van der Waals surface area contributed by atoms with Gasteiger partial charge in [-0.25, -0.2) is 4.39 Å². The fourth-order valence-corrected chi connectivity index (χ4v) is 1.29. The van der Waals surface area contributed by atoms with Crippen LogP contribution in [0, 0.1) is 12.7 Å². The van der Waals surface area contributed by atoms with E-state index in [0.29, 0.717) is 5.56 Å². The van der Waals surface area contributed by atoms with Gasteiger partial charge in [-0.05, 0) is 30.7 Å². The number of amides is 2. The zero-order valence-electron chi connectivity index (χ0n) is 10.2. The highest BCUT2D eigenvalue weighted by molar-refractivity contribution is 5.96. The van der Waals surface area contributed by atoms with Gasteiger partial charge in [0.25, 0.3) is 5.91 Å². The highest BCUT2D eigenvalue weighted by Crippen LogP contribution is 2.08. The van der Waals surface area contributed by atoms with Crippen molar-refractivity contribution >= 4 is 17.8 Å². The summed E-state index contributed by atoms with van der Waals surface area (Å²) in [5.74, 6) is -2.74. The Kier molecular flexibility index (Phi) is 4.99. The highest BCUT2D eigenvalue weighted by atomic mass is 19.1. The maximum Gasteiger partial charge on any atom is 0.322 e. The van der Waals surface area contributed by atoms with Crippen LogP contribution in [0.2, 0.25) is 0 Å². The summed E-state index contributed by atoms with van der Waals surface area (Å²) in [5, 5.41) is 12.7. The van der Waals surface area contributed by atoms with Crippen molar-refractivity contribution in [3.8, 4) is 0 Å². The third-order valence-electron chi connectivity index (χ3n) is 2.27. The highest BCUT2D eigenvalue weighted by Gasteiger charge is 2.10. The largest absolute Gasteiger partial charge is 0.480 e. The van der Waals surface area contributed by atoms with Crippen molar-refractivity contribution in [2.75, 3.05) is 13.1 Å². The van der Waals surface area contributed by atoms with Gasteiger partial charge >= 0.3 is 5.97 Å². The van der Waals surface area contributed by atoms with Crippen LogP contribution in [-0.4, -0.2) is 36.0 Å². The minimum Gasteiger partial charge on any atom is -0.480 e. The number of nitrogens with one attached hydrogen (secondary N) is 2. The van der Waals surface area contributed by atoms with E-state index in [-0.39, 0.29) is 12.1 Å². The smallest absolute Gasteiger partial charge is 0.322 e. The third kappa shape index (κ3) is 4.74. The van der Waals surface area contributed by atoms with Gasteiger partial charge in [0.15, 0.2) is 0 Å². The number of hydrogen-bond donors (Lipinski definition) is 3. The lowest BCUT2D eigenvalue weighted by Gasteiger charge is -2.06. The molecule has 7 heteroatoms. The first-order chi connectivity index (χ1) is 8.90. The summed E-state index contributed by atoms with van der Waals surface area (Å²) in [5.41, 5.74) is 0.549. The minimum atomic E-state index is -1.17. The third-order valence-corrected chi connectivity index (χ3v) is 2.27. The Hall–Kier alpha value is -2.44. The van der Waals surface area contributed by atoms with Crippen molar-refractivity contribution in [2.45, 2.75) is 6.92 Å². The van der Waals surface area contributed by atoms with Crippen molar-refractivity contribution < 1.29 is 23.9 Å². The van der Waals surface area contributed by atoms with Crippen LogP contribution < -0.4 is 10.6 Å². The minimum absolute atomic E-state index is 0.227. The zero-order valence-corrected chi connectivity index (χ0v) is 10.2. The molecule has 1 rings (SSSR count). The average molecular weight is 268 g/mol. The van der Waals surface area contributed by atoms with Crippen molar-refractivity contribution in [3.63, 3.8) is 0 Å². The molecule has 2 amide bonds. The van der Waals surface area contributed by atoms with Crippen LogP contribution in [0.3, 0.4) is 0 Å². The van der Waals surface area contributed by atoms with E-state index in [1.54, 1.807) is 0 Å². The molecule has 0 heterocycles. The van der Waals surface area contributed by atoms with Crippen molar-refractivity contribution in [3.05, 3.63) is 35.1 Å². The number of carbonyl (C=O) groups is 3. The molecule has 0 unspecified atom stereocenters. The fraction of sp³-hybridized carbons (Fsp3) is 0.250. The van der Waals surface area contributed by atoms with E-state index in [1.165, 1.54) is 19.1 Å². The van der Waals surface area contributed by atoms with E-state index in [9.17, 15) is 18.8 Å². The first kappa shape index (κ1) is 14.6. The predicted octanol–water partition coefficient (Wildman–Crippen LogP) is 0.0647. The Balaban J connectivity index is 2.49. The molecule has 1 aromatic carbocycles. The van der Waals surface area contributed by atoms with Crippen LogP contribution in [-0.2, 0) is 9.59 Å². The second-order valence-corrected chi connectivity index (χ2v) is 3.82. The van der Waals surface area contributed by atoms with E-state index >= 15 is 0 Å². The molecule has 19 heavy (non-hydrogen) atoms. The van der Waals surface area contributed by atoms with Crippen LogP contribution >= 0.6 is 0 Å². The number of carbonyl (C=O) groups excluding carboxylic acids is 2. The molecule has 102 valence electrons. The zero-order chi connectivity index (χ0) is 14.4. The average Bonchev–Trinajstić information content (AvgIpc) is 2.36. The number of rotatable bonds is 5. The predicted molar refractivity (Wildman–Crippen MR) is 64.1 cm³/mol. The number of carboxylic acid groups (broad SMARTS) is 1. The molecule has 3 N–H and O–H groups in total. The first-order valence-corrected chi connectivity index (χ1v) is 5.43. The number of hydrogen-bond acceptors (Lipinski definition) is 3. The van der Waals surface area contributed by atoms with E-state index < -0.39 is 30.1 Å². The van der Waals surface area contributed by atoms with Gasteiger partial charge in [0, 0.05) is 5.56 Å². The monoisotopic (exact) mass is 268 g/mol. The lowest BCUT2D eigenvalue weighted by Crippen LogP contribution is -2.39. The summed E-state index contributed by atoms with van der Waals surface area (Å²) in [6.07, 6.45) is 0. The van der Waals surface area contributed by atoms with Gasteiger partial charge in [0.1, 0.15) is 12.4 Å². The van der Waals surface area contributed by atoms with Crippen molar-refractivity contribution in [1.29, 1.82) is 0 Å². The summed E-state index contributed by atoms with van der Waals surface area (Å²) in [7, 11) is 0. The Morgan fingerprint density at radius 3 is 2.47 bits per heavy atom. The van der Waals surface area contributed by atoms with Gasteiger partial charge in [-0.15, -0.1) is 0 Å². The van der Waals surface area contributed by atoms with Crippen molar-refractivity contribution in [1.82, 2.24) is 10.6 Å². The molecule has 6 nitrogen and oxygen atoms in total. The van der Waals surface area contributed by atoms with Crippen molar-refractivity contribution in [2.24, 2.45) is 0 Å². The molecule has 0 aliphatic rings. The molecule has 0 radical (unpaired) electrons. The van der Waals surface area contributed by atoms with Gasteiger partial charge in [-0.1, -0.05) is 0 Å². The van der Waals surface area contributed by atoms with Gasteiger partial charge in [0.05, 0.1) is 6.54 Å². The quantitative estimate of drug-likeness (QED) is 0.704. The normalized spacial score (nSPS) is 9.79. The lowest BCUT2D eigenvalue weighted by molar-refractivity contribution is -0.137. The van der Waals surface area contributed by atoms with E-state index in [4.69, 9.17) is 5.11 Å². The molecule has 0 aromatic heterocycles. The summed E-state index contributed by atoms with van der Waals surface area (Å²) in [6.45, 7) is 0.665. The molecular weight excluding hydrogens is 255 g/mol. The Morgan fingerprint density at radius 1 is 1.21 bits per heavy atom. The maximum absolute atomic E-state index is 13.0.